The Morgan fingerprint density at radius 2 is 1.83 bits per heavy atom. The van der Waals surface area contributed by atoms with E-state index in [1.807, 2.05) is 6.07 Å². The SMILES string of the molecule is CC(C)CN(CC(C)C)c1ccc([N+](=O)[O-])cc1/C=N\NC(=O)c1cccc(Br)c1. The normalized spacial score (nSPS) is 11.3. The second-order valence-electron chi connectivity index (χ2n) is 7.90. The minimum Gasteiger partial charge on any atom is -0.370 e. The molecule has 0 unspecified atom stereocenters. The molecule has 0 radical (unpaired) electrons. The number of nitrogens with zero attached hydrogens (tertiary/aromatic N) is 3. The van der Waals surface area contributed by atoms with Crippen LogP contribution >= 0.6 is 15.9 Å². The molecule has 0 aromatic heterocycles. The lowest BCUT2D eigenvalue weighted by atomic mass is 10.1. The molecule has 0 atom stereocenters. The van der Waals surface area contributed by atoms with Gasteiger partial charge in [0.25, 0.3) is 11.6 Å². The number of amides is 1. The maximum atomic E-state index is 12.3. The topological polar surface area (TPSA) is 87.8 Å². The van der Waals surface area contributed by atoms with Gasteiger partial charge in [0.15, 0.2) is 0 Å². The number of halogens is 1. The van der Waals surface area contributed by atoms with Gasteiger partial charge in [-0.25, -0.2) is 5.43 Å². The number of non-ortho nitro benzene ring substituents is 1. The summed E-state index contributed by atoms with van der Waals surface area (Å²) in [4.78, 5) is 25.3. The average molecular weight is 475 g/mol. The number of carbonyl (C=O) groups is 1. The highest BCUT2D eigenvalue weighted by Crippen LogP contribution is 2.26. The van der Waals surface area contributed by atoms with Crippen molar-refractivity contribution in [1.29, 1.82) is 0 Å². The van der Waals surface area contributed by atoms with E-state index in [4.69, 9.17) is 0 Å². The molecule has 0 aliphatic carbocycles. The molecule has 160 valence electrons. The van der Waals surface area contributed by atoms with Gasteiger partial charge in [-0.15, -0.1) is 0 Å². The zero-order valence-corrected chi connectivity index (χ0v) is 19.2. The van der Waals surface area contributed by atoms with E-state index in [1.54, 1.807) is 24.3 Å². The van der Waals surface area contributed by atoms with Crippen LogP contribution in [0.1, 0.15) is 43.6 Å². The third-order valence-electron chi connectivity index (χ3n) is 4.19. The first kappa shape index (κ1) is 23.5. The molecule has 0 bridgehead atoms. The van der Waals surface area contributed by atoms with Crippen LogP contribution in [0.15, 0.2) is 52.0 Å². The number of rotatable bonds is 9. The van der Waals surface area contributed by atoms with Crippen molar-refractivity contribution in [2.45, 2.75) is 27.7 Å². The smallest absolute Gasteiger partial charge is 0.271 e. The van der Waals surface area contributed by atoms with E-state index < -0.39 is 4.92 Å². The highest BCUT2D eigenvalue weighted by Gasteiger charge is 2.17. The minimum atomic E-state index is -0.434. The monoisotopic (exact) mass is 474 g/mol. The van der Waals surface area contributed by atoms with Crippen LogP contribution in [0.3, 0.4) is 0 Å². The van der Waals surface area contributed by atoms with Gasteiger partial charge in [-0.3, -0.25) is 14.9 Å². The molecule has 7 nitrogen and oxygen atoms in total. The van der Waals surface area contributed by atoms with Crippen LogP contribution in [-0.2, 0) is 0 Å². The van der Waals surface area contributed by atoms with Crippen molar-refractivity contribution in [1.82, 2.24) is 5.43 Å². The standard InChI is InChI=1S/C22H27BrN4O3/c1-15(2)13-26(14-16(3)4)21-9-8-20(27(29)30)11-18(21)12-24-25-22(28)17-6-5-7-19(23)10-17/h5-12,15-16H,13-14H2,1-4H3,(H,25,28)/b24-12-. The van der Waals surface area contributed by atoms with E-state index in [1.165, 1.54) is 18.3 Å². The van der Waals surface area contributed by atoms with Gasteiger partial charge in [-0.05, 0) is 36.1 Å². The van der Waals surface area contributed by atoms with Gasteiger partial charge >= 0.3 is 0 Å². The Bertz CT molecular complexity index is 918. The second-order valence-corrected chi connectivity index (χ2v) is 8.82. The Labute approximate surface area is 185 Å². The number of hydrogen-bond donors (Lipinski definition) is 1. The van der Waals surface area contributed by atoms with Gasteiger partial charge in [0, 0.05) is 46.5 Å². The van der Waals surface area contributed by atoms with Crippen molar-refractivity contribution in [2.75, 3.05) is 18.0 Å². The lowest BCUT2D eigenvalue weighted by Crippen LogP contribution is -2.32. The Morgan fingerprint density at radius 1 is 1.17 bits per heavy atom. The van der Waals surface area contributed by atoms with E-state index in [-0.39, 0.29) is 11.6 Å². The maximum absolute atomic E-state index is 12.3. The van der Waals surface area contributed by atoms with Gasteiger partial charge in [0.1, 0.15) is 0 Å². The van der Waals surface area contributed by atoms with Crippen LogP contribution in [0, 0.1) is 22.0 Å². The van der Waals surface area contributed by atoms with E-state index in [0.29, 0.717) is 23.0 Å². The van der Waals surface area contributed by atoms with Crippen molar-refractivity contribution in [2.24, 2.45) is 16.9 Å². The minimum absolute atomic E-state index is 0.0208. The molecule has 0 aliphatic heterocycles. The van der Waals surface area contributed by atoms with Gasteiger partial charge in [-0.1, -0.05) is 49.7 Å². The Morgan fingerprint density at radius 3 is 2.40 bits per heavy atom. The molecule has 2 aromatic rings. The van der Waals surface area contributed by atoms with Gasteiger partial charge in [0.2, 0.25) is 0 Å². The zero-order valence-electron chi connectivity index (χ0n) is 17.6. The fourth-order valence-corrected chi connectivity index (χ4v) is 3.45. The summed E-state index contributed by atoms with van der Waals surface area (Å²) in [7, 11) is 0. The van der Waals surface area contributed by atoms with Crippen molar-refractivity contribution in [3.05, 3.63) is 68.2 Å². The molecule has 0 saturated heterocycles. The van der Waals surface area contributed by atoms with E-state index in [0.717, 1.165) is 23.2 Å². The largest absolute Gasteiger partial charge is 0.370 e. The first-order chi connectivity index (χ1) is 14.2. The third-order valence-corrected chi connectivity index (χ3v) is 4.68. The summed E-state index contributed by atoms with van der Waals surface area (Å²) in [5.74, 6) is 0.473. The Hall–Kier alpha value is -2.74. The maximum Gasteiger partial charge on any atom is 0.271 e. The summed E-state index contributed by atoms with van der Waals surface area (Å²) >= 11 is 3.33. The van der Waals surface area contributed by atoms with Gasteiger partial charge < -0.3 is 4.90 Å². The van der Waals surface area contributed by atoms with Crippen molar-refractivity contribution < 1.29 is 9.72 Å². The summed E-state index contributed by atoms with van der Waals surface area (Å²) < 4.78 is 0.790. The van der Waals surface area contributed by atoms with Crippen LogP contribution in [0.4, 0.5) is 11.4 Å². The summed E-state index contributed by atoms with van der Waals surface area (Å²) in [6, 6.07) is 11.7. The van der Waals surface area contributed by atoms with Gasteiger partial charge in [0.05, 0.1) is 11.1 Å². The molecule has 0 spiro atoms. The van der Waals surface area contributed by atoms with Crippen molar-refractivity contribution >= 4 is 39.4 Å². The molecule has 2 aromatic carbocycles. The Balaban J connectivity index is 2.32. The van der Waals surface area contributed by atoms with Crippen LogP contribution in [0.2, 0.25) is 0 Å². The van der Waals surface area contributed by atoms with Crippen LogP contribution in [0.25, 0.3) is 0 Å². The average Bonchev–Trinajstić information content (AvgIpc) is 2.66. The zero-order chi connectivity index (χ0) is 22.3. The summed E-state index contributed by atoms with van der Waals surface area (Å²) in [6.07, 6.45) is 1.46. The second kappa shape index (κ2) is 10.9. The lowest BCUT2D eigenvalue weighted by molar-refractivity contribution is -0.384. The molecule has 30 heavy (non-hydrogen) atoms. The molecular formula is C22H27BrN4O3. The molecule has 2 rings (SSSR count). The summed E-state index contributed by atoms with van der Waals surface area (Å²) in [5.41, 5.74) is 4.37. The first-order valence-corrected chi connectivity index (χ1v) is 10.6. The lowest BCUT2D eigenvalue weighted by Gasteiger charge is -2.29. The number of hydrazone groups is 1. The van der Waals surface area contributed by atoms with Crippen LogP contribution in [-0.4, -0.2) is 30.1 Å². The number of hydrogen-bond acceptors (Lipinski definition) is 5. The molecule has 0 saturated carbocycles. The van der Waals surface area contributed by atoms with Gasteiger partial charge in [-0.2, -0.15) is 5.10 Å². The summed E-state index contributed by atoms with van der Waals surface area (Å²) in [6.45, 7) is 10.1. The predicted molar refractivity (Wildman–Crippen MR) is 124 cm³/mol. The fraction of sp³-hybridized carbons (Fsp3) is 0.364. The summed E-state index contributed by atoms with van der Waals surface area (Å²) in [5, 5.41) is 15.3. The van der Waals surface area contributed by atoms with E-state index in [2.05, 4.69) is 59.1 Å². The Kier molecular flexibility index (Phi) is 8.53. The highest BCUT2D eigenvalue weighted by molar-refractivity contribution is 9.10. The molecule has 0 heterocycles. The van der Waals surface area contributed by atoms with E-state index >= 15 is 0 Å². The number of nitro benzene ring substituents is 1. The quantitative estimate of drug-likeness (QED) is 0.305. The van der Waals surface area contributed by atoms with E-state index in [9.17, 15) is 14.9 Å². The molecule has 1 amide bonds. The first-order valence-electron chi connectivity index (χ1n) is 9.79. The number of benzene rings is 2. The number of nitrogens with one attached hydrogen (secondary N) is 1. The molecule has 8 heteroatoms. The van der Waals surface area contributed by atoms with Crippen LogP contribution < -0.4 is 10.3 Å². The van der Waals surface area contributed by atoms with Crippen molar-refractivity contribution in [3.8, 4) is 0 Å². The molecule has 0 aliphatic rings. The molecule has 1 N–H and O–H groups in total. The van der Waals surface area contributed by atoms with Crippen LogP contribution in [0.5, 0.6) is 0 Å². The highest BCUT2D eigenvalue weighted by atomic mass is 79.9. The fourth-order valence-electron chi connectivity index (χ4n) is 3.05. The predicted octanol–water partition coefficient (Wildman–Crippen LogP) is 5.24. The number of nitro groups is 1. The number of carbonyl (C=O) groups excluding carboxylic acids is 1. The molecule has 0 fully saturated rings. The number of anilines is 1. The third kappa shape index (κ3) is 6.95. The van der Waals surface area contributed by atoms with Crippen molar-refractivity contribution in [3.63, 3.8) is 0 Å². The molecular weight excluding hydrogens is 448 g/mol.